The molecule has 0 fully saturated rings. The van der Waals surface area contributed by atoms with Crippen molar-refractivity contribution >= 4 is 26.0 Å². The summed E-state index contributed by atoms with van der Waals surface area (Å²) in [7, 11) is -0.610. The van der Waals surface area contributed by atoms with Gasteiger partial charge in [-0.3, -0.25) is 10.1 Å². The Bertz CT molecular complexity index is 928. The van der Waals surface area contributed by atoms with Crippen molar-refractivity contribution in [2.24, 2.45) is 0 Å². The number of unbranched alkanes of at least 4 members (excludes halogenated alkanes) is 1. The second-order valence-electron chi connectivity index (χ2n) is 8.52. The number of ether oxygens (including phenoxy) is 1. The van der Waals surface area contributed by atoms with E-state index in [2.05, 4.69) is 60.9 Å². The van der Waals surface area contributed by atoms with E-state index in [0.717, 1.165) is 24.2 Å². The van der Waals surface area contributed by atoms with Crippen molar-refractivity contribution in [3.05, 3.63) is 59.2 Å². The average Bonchev–Trinajstić information content (AvgIpc) is 2.98. The number of hydrogen-bond donors (Lipinski definition) is 4. The van der Waals surface area contributed by atoms with Crippen LogP contribution in [0.3, 0.4) is 0 Å². The first-order chi connectivity index (χ1) is 15.9. The third-order valence-corrected chi connectivity index (χ3v) is 8.19. The van der Waals surface area contributed by atoms with Gasteiger partial charge in [-0.25, -0.2) is 0 Å². The molecule has 0 unspecified atom stereocenters. The average molecular weight is 491 g/mol. The molecule has 1 aliphatic heterocycles. The highest BCUT2D eigenvalue weighted by atomic mass is 32.2. The number of carbonyl (C=O) groups is 1. The molecule has 1 aliphatic rings. The molecule has 33 heavy (non-hydrogen) atoms. The number of rotatable bonds is 10. The van der Waals surface area contributed by atoms with Gasteiger partial charge < -0.3 is 19.8 Å². The largest absolute Gasteiger partial charge is 0.496 e. The van der Waals surface area contributed by atoms with Crippen molar-refractivity contribution in [2.75, 3.05) is 19.0 Å². The number of benzene rings is 2. The molecule has 0 bridgehead atoms. The van der Waals surface area contributed by atoms with E-state index in [9.17, 15) is 4.79 Å². The van der Waals surface area contributed by atoms with Crippen molar-refractivity contribution in [3.8, 4) is 5.75 Å². The first-order valence-corrected chi connectivity index (χ1v) is 13.9. The minimum Gasteiger partial charge on any atom is -0.496 e. The number of carbonyl (C=O) groups excluding carboxylic acids is 1. The van der Waals surface area contributed by atoms with Crippen molar-refractivity contribution in [2.45, 2.75) is 62.6 Å². The Morgan fingerprint density at radius 2 is 2.03 bits per heavy atom. The molecule has 2 atom stereocenters. The standard InChI is InChI=1S/C25H35N2O4PS/c1-4-6-12-25(5-2)17-33-22-13-19(15-26-23(28)16-32(29)30)21(31-3)14-20(22)24(27-25)18-10-8-7-9-11-18/h7-11,13-14,24,27,29-30H,4-6,12,15-17H2,1-3H3,(H,26,28)/t24-,25-/m1/s1. The minimum atomic E-state index is -2.25. The third kappa shape index (κ3) is 6.71. The highest BCUT2D eigenvalue weighted by Gasteiger charge is 2.36. The molecule has 1 amide bonds. The van der Waals surface area contributed by atoms with Crippen molar-refractivity contribution in [1.82, 2.24) is 10.6 Å². The van der Waals surface area contributed by atoms with Gasteiger partial charge >= 0.3 is 0 Å². The van der Waals surface area contributed by atoms with Crippen LogP contribution in [0.4, 0.5) is 0 Å². The maximum Gasteiger partial charge on any atom is 0.229 e. The maximum absolute atomic E-state index is 12.0. The van der Waals surface area contributed by atoms with Gasteiger partial charge in [0.15, 0.2) is 8.38 Å². The number of nitrogens with one attached hydrogen (secondary N) is 2. The highest BCUT2D eigenvalue weighted by Crippen LogP contribution is 2.43. The molecule has 0 saturated carbocycles. The van der Waals surface area contributed by atoms with Crippen LogP contribution in [-0.2, 0) is 11.3 Å². The van der Waals surface area contributed by atoms with Crippen molar-refractivity contribution in [1.29, 1.82) is 0 Å². The Hall–Kier alpha value is -1.63. The summed E-state index contributed by atoms with van der Waals surface area (Å²) in [6.45, 7) is 4.77. The second kappa shape index (κ2) is 12.2. The fourth-order valence-electron chi connectivity index (χ4n) is 4.26. The summed E-state index contributed by atoms with van der Waals surface area (Å²) < 4.78 is 5.71. The molecule has 2 aromatic rings. The Morgan fingerprint density at radius 1 is 1.27 bits per heavy atom. The molecule has 3 rings (SSSR count). The van der Waals surface area contributed by atoms with Crippen LogP contribution in [0.1, 0.15) is 62.3 Å². The lowest BCUT2D eigenvalue weighted by Gasteiger charge is -2.36. The molecule has 180 valence electrons. The summed E-state index contributed by atoms with van der Waals surface area (Å²) in [5.41, 5.74) is 3.31. The Labute approximate surface area is 202 Å². The SMILES string of the molecule is CCCC[C@]1(CC)CSc2cc(CNC(=O)CP(O)O)c(OC)cc2[C@@H](c2ccccc2)N1. The number of methoxy groups -OCH3 is 1. The van der Waals surface area contributed by atoms with Crippen molar-refractivity contribution in [3.63, 3.8) is 0 Å². The van der Waals surface area contributed by atoms with Gasteiger partial charge in [0.05, 0.1) is 19.3 Å². The van der Waals surface area contributed by atoms with Crippen LogP contribution in [0.25, 0.3) is 0 Å². The van der Waals surface area contributed by atoms with E-state index in [0.29, 0.717) is 5.75 Å². The lowest BCUT2D eigenvalue weighted by Crippen LogP contribution is -2.48. The normalized spacial score (nSPS) is 20.2. The first-order valence-electron chi connectivity index (χ1n) is 11.5. The van der Waals surface area contributed by atoms with E-state index >= 15 is 0 Å². The molecule has 0 spiro atoms. The molecule has 0 aromatic heterocycles. The fourth-order valence-corrected chi connectivity index (χ4v) is 6.07. The molecule has 4 N–H and O–H groups in total. The van der Waals surface area contributed by atoms with E-state index in [1.807, 2.05) is 17.8 Å². The van der Waals surface area contributed by atoms with E-state index < -0.39 is 8.38 Å². The molecule has 6 nitrogen and oxygen atoms in total. The fraction of sp³-hybridized carbons (Fsp3) is 0.480. The zero-order valence-corrected chi connectivity index (χ0v) is 21.3. The van der Waals surface area contributed by atoms with Crippen molar-refractivity contribution < 1.29 is 19.3 Å². The molecular weight excluding hydrogens is 455 g/mol. The van der Waals surface area contributed by atoms with Gasteiger partial charge in [-0.2, -0.15) is 0 Å². The number of fused-ring (bicyclic) bond motifs is 1. The third-order valence-electron chi connectivity index (χ3n) is 6.26. The van der Waals surface area contributed by atoms with Gasteiger partial charge in [0.1, 0.15) is 5.75 Å². The summed E-state index contributed by atoms with van der Waals surface area (Å²) in [5.74, 6) is 1.30. The smallest absolute Gasteiger partial charge is 0.229 e. The van der Waals surface area contributed by atoms with Crippen LogP contribution in [0, 0.1) is 0 Å². The number of hydrogen-bond acceptors (Lipinski definition) is 6. The quantitative estimate of drug-likeness (QED) is 0.360. The van der Waals surface area contributed by atoms with Gasteiger partial charge in [-0.15, -0.1) is 11.8 Å². The summed E-state index contributed by atoms with van der Waals surface area (Å²) in [4.78, 5) is 31.4. The second-order valence-corrected chi connectivity index (χ2v) is 10.6. The molecular formula is C25H35N2O4PS. The van der Waals surface area contributed by atoms with Crippen LogP contribution in [0.5, 0.6) is 5.75 Å². The van der Waals surface area contributed by atoms with E-state index in [1.165, 1.54) is 28.9 Å². The van der Waals surface area contributed by atoms with Crippen LogP contribution in [0.2, 0.25) is 0 Å². The highest BCUT2D eigenvalue weighted by molar-refractivity contribution is 7.99. The summed E-state index contributed by atoms with van der Waals surface area (Å²) >= 11 is 1.86. The molecule has 0 radical (unpaired) electrons. The Kier molecular flexibility index (Phi) is 9.59. The molecule has 1 heterocycles. The molecule has 0 aliphatic carbocycles. The zero-order chi connectivity index (χ0) is 23.8. The van der Waals surface area contributed by atoms with Crippen LogP contribution in [0.15, 0.2) is 47.4 Å². The predicted molar refractivity (Wildman–Crippen MR) is 136 cm³/mol. The molecule has 8 heteroatoms. The van der Waals surface area contributed by atoms with Gasteiger partial charge in [-0.05, 0) is 36.1 Å². The first kappa shape index (κ1) is 26.0. The Balaban J connectivity index is 1.99. The topological polar surface area (TPSA) is 90.8 Å². The van der Waals surface area contributed by atoms with Crippen LogP contribution >= 0.6 is 20.1 Å². The minimum absolute atomic E-state index is 0.0290. The van der Waals surface area contributed by atoms with Gasteiger partial charge in [0.25, 0.3) is 0 Å². The number of thioether (sulfide) groups is 1. The number of amides is 1. The summed E-state index contributed by atoms with van der Waals surface area (Å²) in [6.07, 6.45) is 4.23. The summed E-state index contributed by atoms with van der Waals surface area (Å²) in [6, 6.07) is 14.8. The zero-order valence-electron chi connectivity index (χ0n) is 19.6. The lowest BCUT2D eigenvalue weighted by atomic mass is 9.88. The van der Waals surface area contributed by atoms with Gasteiger partial charge in [0.2, 0.25) is 5.91 Å². The van der Waals surface area contributed by atoms with Crippen LogP contribution in [-0.4, -0.2) is 40.3 Å². The maximum atomic E-state index is 12.0. The van der Waals surface area contributed by atoms with Gasteiger partial charge in [0, 0.05) is 28.3 Å². The monoisotopic (exact) mass is 490 g/mol. The van der Waals surface area contributed by atoms with Crippen LogP contribution < -0.4 is 15.4 Å². The van der Waals surface area contributed by atoms with E-state index in [-0.39, 0.29) is 30.2 Å². The molecule has 0 saturated heterocycles. The Morgan fingerprint density at radius 3 is 2.67 bits per heavy atom. The predicted octanol–water partition coefficient (Wildman–Crippen LogP) is 4.73. The molecule has 2 aromatic carbocycles. The van der Waals surface area contributed by atoms with Gasteiger partial charge in [-0.1, -0.05) is 57.0 Å². The summed E-state index contributed by atoms with van der Waals surface area (Å²) in [5, 5.41) is 6.81. The van der Waals surface area contributed by atoms with E-state index in [1.54, 1.807) is 7.11 Å². The van der Waals surface area contributed by atoms with E-state index in [4.69, 9.17) is 14.5 Å². The lowest BCUT2D eigenvalue weighted by molar-refractivity contribution is -0.118.